The molecule has 1 aromatic rings. The summed E-state index contributed by atoms with van der Waals surface area (Å²) >= 11 is 14.2. The molecule has 0 fully saturated rings. The molecule has 0 bridgehead atoms. The number of benzene rings is 1. The minimum atomic E-state index is 0.681. The molecule has 0 unspecified atom stereocenters. The molecule has 1 aromatic carbocycles. The first-order valence-electron chi connectivity index (χ1n) is 3.27. The third-order valence-electron chi connectivity index (χ3n) is 1.46. The molecule has 0 saturated carbocycles. The second-order valence-electron chi connectivity index (χ2n) is 2.24. The molecule has 0 saturated heterocycles. The van der Waals surface area contributed by atoms with Crippen LogP contribution in [0.2, 0.25) is 5.02 Å². The van der Waals surface area contributed by atoms with Crippen LogP contribution in [-0.2, 0) is 11.5 Å². The van der Waals surface area contributed by atoms with E-state index in [2.05, 4.69) is 25.3 Å². The summed E-state index contributed by atoms with van der Waals surface area (Å²) in [6.45, 7) is 0. The van der Waals surface area contributed by atoms with Gasteiger partial charge in [0.2, 0.25) is 0 Å². The predicted octanol–water partition coefficient (Wildman–Crippen LogP) is 3.20. The highest BCUT2D eigenvalue weighted by atomic mass is 35.5. The highest BCUT2D eigenvalue weighted by Gasteiger charge is 1.98. The van der Waals surface area contributed by atoms with E-state index < -0.39 is 0 Å². The number of hydrogen-bond donors (Lipinski definition) is 2. The van der Waals surface area contributed by atoms with Gasteiger partial charge in [-0.1, -0.05) is 23.7 Å². The average Bonchev–Trinajstić information content (AvgIpc) is 2.05. The molecule has 0 spiro atoms. The van der Waals surface area contributed by atoms with Crippen LogP contribution in [0.5, 0.6) is 0 Å². The lowest BCUT2D eigenvalue weighted by Crippen LogP contribution is -1.83. The summed E-state index contributed by atoms with van der Waals surface area (Å²) in [7, 11) is 0. The van der Waals surface area contributed by atoms with E-state index in [0.717, 1.165) is 16.3 Å². The highest BCUT2D eigenvalue weighted by Crippen LogP contribution is 2.19. The topological polar surface area (TPSA) is 0 Å². The van der Waals surface area contributed by atoms with Crippen LogP contribution in [0.3, 0.4) is 0 Å². The fourth-order valence-electron chi connectivity index (χ4n) is 0.848. The summed E-state index contributed by atoms with van der Waals surface area (Å²) < 4.78 is 0. The van der Waals surface area contributed by atoms with Crippen molar-refractivity contribution in [1.82, 2.24) is 0 Å². The Morgan fingerprint density at radius 3 is 2.45 bits per heavy atom. The van der Waals surface area contributed by atoms with Gasteiger partial charge in [0.05, 0.1) is 0 Å². The standard InChI is InChI=1S/C8H9ClS2/c9-8-2-1-6(4-10)3-7(8)5-11/h1-3,10-11H,4-5H2. The zero-order valence-electron chi connectivity index (χ0n) is 5.92. The molecule has 0 aliphatic heterocycles. The Hall–Kier alpha value is 0.210. The van der Waals surface area contributed by atoms with Crippen molar-refractivity contribution < 1.29 is 0 Å². The number of hydrogen-bond acceptors (Lipinski definition) is 2. The fraction of sp³-hybridized carbons (Fsp3) is 0.250. The zero-order valence-corrected chi connectivity index (χ0v) is 8.46. The molecule has 0 nitrogen and oxygen atoms in total. The normalized spacial score (nSPS) is 10.1. The lowest BCUT2D eigenvalue weighted by atomic mass is 10.2. The van der Waals surface area contributed by atoms with Crippen LogP contribution in [-0.4, -0.2) is 0 Å². The van der Waals surface area contributed by atoms with E-state index in [-0.39, 0.29) is 0 Å². The van der Waals surface area contributed by atoms with Gasteiger partial charge in [-0.05, 0) is 17.2 Å². The molecule has 0 aromatic heterocycles. The van der Waals surface area contributed by atoms with Crippen molar-refractivity contribution in [2.75, 3.05) is 0 Å². The van der Waals surface area contributed by atoms with E-state index in [4.69, 9.17) is 11.6 Å². The maximum absolute atomic E-state index is 5.88. The van der Waals surface area contributed by atoms with E-state index >= 15 is 0 Å². The van der Waals surface area contributed by atoms with Crippen molar-refractivity contribution in [3.8, 4) is 0 Å². The molecule has 0 aliphatic carbocycles. The van der Waals surface area contributed by atoms with Crippen molar-refractivity contribution in [2.45, 2.75) is 11.5 Å². The lowest BCUT2D eigenvalue weighted by Gasteiger charge is -2.02. The molecular formula is C8H9ClS2. The monoisotopic (exact) mass is 204 g/mol. The van der Waals surface area contributed by atoms with Crippen molar-refractivity contribution in [2.24, 2.45) is 0 Å². The van der Waals surface area contributed by atoms with Crippen molar-refractivity contribution in [3.05, 3.63) is 34.3 Å². The third kappa shape index (κ3) is 2.32. The van der Waals surface area contributed by atoms with Crippen LogP contribution in [0, 0.1) is 0 Å². The molecular weight excluding hydrogens is 196 g/mol. The molecule has 1 rings (SSSR count). The lowest BCUT2D eigenvalue weighted by molar-refractivity contribution is 1.34. The van der Waals surface area contributed by atoms with Crippen molar-refractivity contribution in [1.29, 1.82) is 0 Å². The number of halogens is 1. The zero-order chi connectivity index (χ0) is 8.27. The van der Waals surface area contributed by atoms with Gasteiger partial charge in [0.25, 0.3) is 0 Å². The first kappa shape index (κ1) is 9.30. The van der Waals surface area contributed by atoms with Gasteiger partial charge in [-0.25, -0.2) is 0 Å². The van der Waals surface area contributed by atoms with Gasteiger partial charge < -0.3 is 0 Å². The van der Waals surface area contributed by atoms with Gasteiger partial charge in [-0.15, -0.1) is 0 Å². The van der Waals surface area contributed by atoms with Gasteiger partial charge in [0, 0.05) is 16.5 Å². The Morgan fingerprint density at radius 1 is 1.18 bits per heavy atom. The molecule has 60 valence electrons. The molecule has 11 heavy (non-hydrogen) atoms. The molecule has 0 amide bonds. The Morgan fingerprint density at radius 2 is 1.91 bits per heavy atom. The third-order valence-corrected chi connectivity index (χ3v) is 2.54. The SMILES string of the molecule is SCc1ccc(Cl)c(CS)c1. The van der Waals surface area contributed by atoms with Gasteiger partial charge in [0.1, 0.15) is 0 Å². The van der Waals surface area contributed by atoms with E-state index in [1.54, 1.807) is 0 Å². The van der Waals surface area contributed by atoms with E-state index in [9.17, 15) is 0 Å². The molecule has 0 radical (unpaired) electrons. The Bertz CT molecular complexity index is 248. The molecule has 0 heterocycles. The minimum absolute atomic E-state index is 0.681. The fourth-order valence-corrected chi connectivity index (χ4v) is 1.58. The highest BCUT2D eigenvalue weighted by molar-refractivity contribution is 7.79. The summed E-state index contributed by atoms with van der Waals surface area (Å²) in [6, 6.07) is 5.89. The molecule has 0 N–H and O–H groups in total. The molecule has 3 heteroatoms. The summed E-state index contributed by atoms with van der Waals surface area (Å²) in [5.74, 6) is 1.43. The van der Waals surface area contributed by atoms with Crippen LogP contribution in [0.15, 0.2) is 18.2 Å². The molecule has 0 aliphatic rings. The average molecular weight is 205 g/mol. The smallest absolute Gasteiger partial charge is 0.0446 e. The van der Waals surface area contributed by atoms with Gasteiger partial charge in [-0.3, -0.25) is 0 Å². The van der Waals surface area contributed by atoms with Gasteiger partial charge >= 0.3 is 0 Å². The Balaban J connectivity index is 3.02. The van der Waals surface area contributed by atoms with E-state index in [1.807, 2.05) is 18.2 Å². The molecule has 0 atom stereocenters. The quantitative estimate of drug-likeness (QED) is 0.680. The van der Waals surface area contributed by atoms with Crippen LogP contribution < -0.4 is 0 Å². The maximum Gasteiger partial charge on any atom is 0.0446 e. The number of thiol groups is 2. The number of rotatable bonds is 2. The van der Waals surface area contributed by atoms with Crippen molar-refractivity contribution >= 4 is 36.9 Å². The van der Waals surface area contributed by atoms with Crippen LogP contribution in [0.1, 0.15) is 11.1 Å². The Labute approximate surface area is 82.8 Å². The maximum atomic E-state index is 5.88. The van der Waals surface area contributed by atoms with Crippen LogP contribution in [0.25, 0.3) is 0 Å². The summed E-state index contributed by atoms with van der Waals surface area (Å²) in [4.78, 5) is 0. The summed E-state index contributed by atoms with van der Waals surface area (Å²) in [6.07, 6.45) is 0. The summed E-state index contributed by atoms with van der Waals surface area (Å²) in [5.41, 5.74) is 2.25. The van der Waals surface area contributed by atoms with Crippen LogP contribution >= 0.6 is 36.9 Å². The summed E-state index contributed by atoms with van der Waals surface area (Å²) in [5, 5.41) is 0.783. The van der Waals surface area contributed by atoms with Crippen LogP contribution in [0.4, 0.5) is 0 Å². The largest absolute Gasteiger partial charge is 0.175 e. The van der Waals surface area contributed by atoms with E-state index in [0.29, 0.717) is 5.75 Å². The second kappa shape index (κ2) is 4.29. The second-order valence-corrected chi connectivity index (χ2v) is 3.28. The van der Waals surface area contributed by atoms with Gasteiger partial charge in [-0.2, -0.15) is 25.3 Å². The Kier molecular flexibility index (Phi) is 3.63. The van der Waals surface area contributed by atoms with Gasteiger partial charge in [0.15, 0.2) is 0 Å². The first-order chi connectivity index (χ1) is 5.27. The first-order valence-corrected chi connectivity index (χ1v) is 4.91. The minimum Gasteiger partial charge on any atom is -0.175 e. The van der Waals surface area contributed by atoms with E-state index in [1.165, 1.54) is 5.56 Å². The predicted molar refractivity (Wildman–Crippen MR) is 56.8 cm³/mol. The van der Waals surface area contributed by atoms with Crippen molar-refractivity contribution in [3.63, 3.8) is 0 Å².